The summed E-state index contributed by atoms with van der Waals surface area (Å²) in [4.78, 5) is 26.7. The molecule has 2 aromatic carbocycles. The maximum Gasteiger partial charge on any atom is 0.321 e. The molecule has 7 nitrogen and oxygen atoms in total. The van der Waals surface area contributed by atoms with E-state index in [9.17, 15) is 9.59 Å². The minimum Gasteiger partial charge on any atom is -0.457 e. The number of rotatable bonds is 5. The fraction of sp³-hybridized carbons (Fsp3) is 0.440. The van der Waals surface area contributed by atoms with Gasteiger partial charge in [-0.3, -0.25) is 0 Å². The van der Waals surface area contributed by atoms with E-state index in [0.29, 0.717) is 24.9 Å². The predicted molar refractivity (Wildman–Crippen MR) is 125 cm³/mol. The van der Waals surface area contributed by atoms with Gasteiger partial charge in [0.15, 0.2) is 0 Å². The average molecular weight is 437 g/mol. The molecule has 0 radical (unpaired) electrons. The number of carbonyl (C=O) groups is 2. The molecular weight excluding hydrogens is 404 g/mol. The minimum absolute atomic E-state index is 0.0717. The van der Waals surface area contributed by atoms with E-state index in [2.05, 4.69) is 16.0 Å². The second-order valence-electron chi connectivity index (χ2n) is 8.58. The monoisotopic (exact) mass is 436 g/mol. The van der Waals surface area contributed by atoms with Crippen LogP contribution in [0.4, 0.5) is 15.3 Å². The smallest absolute Gasteiger partial charge is 0.321 e. The van der Waals surface area contributed by atoms with E-state index >= 15 is 0 Å². The molecule has 4 rings (SSSR count). The summed E-state index contributed by atoms with van der Waals surface area (Å²) in [6.07, 6.45) is 7.33. The molecule has 2 fully saturated rings. The van der Waals surface area contributed by atoms with Crippen molar-refractivity contribution in [3.8, 4) is 11.5 Å². The van der Waals surface area contributed by atoms with E-state index in [1.165, 1.54) is 19.3 Å². The average Bonchev–Trinajstić information content (AvgIpc) is 2.82. The molecule has 2 aromatic rings. The van der Waals surface area contributed by atoms with Gasteiger partial charge in [-0.25, -0.2) is 9.59 Å². The Morgan fingerprint density at radius 3 is 2.00 bits per heavy atom. The van der Waals surface area contributed by atoms with Crippen molar-refractivity contribution in [2.45, 2.75) is 57.0 Å². The quantitative estimate of drug-likeness (QED) is 0.609. The van der Waals surface area contributed by atoms with Crippen molar-refractivity contribution >= 4 is 17.7 Å². The van der Waals surface area contributed by atoms with Crippen LogP contribution in [0.25, 0.3) is 0 Å². The van der Waals surface area contributed by atoms with Gasteiger partial charge in [0, 0.05) is 30.9 Å². The molecule has 3 N–H and O–H groups in total. The topological polar surface area (TPSA) is 82.7 Å². The molecule has 0 aromatic heterocycles. The van der Waals surface area contributed by atoms with E-state index in [4.69, 9.17) is 4.74 Å². The summed E-state index contributed by atoms with van der Waals surface area (Å²) in [7, 11) is 0. The molecule has 0 atom stereocenters. The highest BCUT2D eigenvalue weighted by Crippen LogP contribution is 2.23. The molecule has 170 valence electrons. The molecule has 2 aliphatic rings. The third-order valence-corrected chi connectivity index (χ3v) is 6.14. The van der Waals surface area contributed by atoms with Gasteiger partial charge in [-0.15, -0.1) is 0 Å². The van der Waals surface area contributed by atoms with E-state index < -0.39 is 0 Å². The van der Waals surface area contributed by atoms with Gasteiger partial charge in [0.25, 0.3) is 0 Å². The molecule has 4 amide bonds. The largest absolute Gasteiger partial charge is 0.457 e. The van der Waals surface area contributed by atoms with Gasteiger partial charge in [-0.05, 0) is 62.1 Å². The van der Waals surface area contributed by atoms with Gasteiger partial charge >= 0.3 is 12.1 Å². The molecular formula is C25H32N4O3. The van der Waals surface area contributed by atoms with Crippen LogP contribution in [0.15, 0.2) is 54.6 Å². The molecule has 0 unspecified atom stereocenters. The zero-order valence-electron chi connectivity index (χ0n) is 18.4. The molecule has 7 heteroatoms. The molecule has 1 aliphatic carbocycles. The standard InChI is InChI=1S/C25H32N4O3/c30-24(26-19-7-3-1-4-8-19)27-21-15-17-29(18-16-21)25(31)28-20-11-13-23(14-12-20)32-22-9-5-2-6-10-22/h2,5-6,9-14,19,21H,1,3-4,7-8,15-18H2,(H,28,31)(H2,26,27,30). The molecule has 1 aliphatic heterocycles. The van der Waals surface area contributed by atoms with Crippen molar-refractivity contribution in [1.29, 1.82) is 0 Å². The zero-order chi connectivity index (χ0) is 22.2. The predicted octanol–water partition coefficient (Wildman–Crippen LogP) is 5.11. The Hall–Kier alpha value is -3.22. The minimum atomic E-state index is -0.119. The Labute approximate surface area is 189 Å². The fourth-order valence-corrected chi connectivity index (χ4v) is 4.32. The van der Waals surface area contributed by atoms with Crippen molar-refractivity contribution < 1.29 is 14.3 Å². The molecule has 32 heavy (non-hydrogen) atoms. The summed E-state index contributed by atoms with van der Waals surface area (Å²) >= 11 is 0. The van der Waals surface area contributed by atoms with Gasteiger partial charge in [-0.2, -0.15) is 0 Å². The Morgan fingerprint density at radius 1 is 0.750 bits per heavy atom. The fourth-order valence-electron chi connectivity index (χ4n) is 4.32. The van der Waals surface area contributed by atoms with E-state index in [0.717, 1.165) is 37.1 Å². The number of carbonyl (C=O) groups excluding carboxylic acids is 2. The van der Waals surface area contributed by atoms with E-state index in [1.807, 2.05) is 54.6 Å². The highest BCUT2D eigenvalue weighted by molar-refractivity contribution is 5.89. The Balaban J connectivity index is 1.18. The Morgan fingerprint density at radius 2 is 1.34 bits per heavy atom. The second-order valence-corrected chi connectivity index (χ2v) is 8.58. The molecule has 1 heterocycles. The van der Waals surface area contributed by atoms with Gasteiger partial charge in [0.05, 0.1) is 0 Å². The van der Waals surface area contributed by atoms with Crippen LogP contribution in [0, 0.1) is 0 Å². The van der Waals surface area contributed by atoms with Crippen LogP contribution in [0.1, 0.15) is 44.9 Å². The Kier molecular flexibility index (Phi) is 7.48. The summed E-state index contributed by atoms with van der Waals surface area (Å²) in [5.74, 6) is 1.49. The van der Waals surface area contributed by atoms with E-state index in [-0.39, 0.29) is 18.1 Å². The van der Waals surface area contributed by atoms with Crippen molar-refractivity contribution in [2.75, 3.05) is 18.4 Å². The number of benzene rings is 2. The summed E-state index contributed by atoms with van der Waals surface area (Å²) in [6, 6.07) is 17.1. The van der Waals surface area contributed by atoms with E-state index in [1.54, 1.807) is 4.90 Å². The molecule has 1 saturated carbocycles. The maximum absolute atomic E-state index is 12.6. The number of para-hydroxylation sites is 1. The lowest BCUT2D eigenvalue weighted by Crippen LogP contribution is -2.51. The molecule has 1 saturated heterocycles. The first-order valence-corrected chi connectivity index (χ1v) is 11.6. The highest BCUT2D eigenvalue weighted by Gasteiger charge is 2.25. The van der Waals surface area contributed by atoms with Crippen LogP contribution < -0.4 is 20.7 Å². The number of nitrogens with one attached hydrogen (secondary N) is 3. The number of urea groups is 2. The summed E-state index contributed by atoms with van der Waals surface area (Å²) in [5.41, 5.74) is 0.725. The van der Waals surface area contributed by atoms with Crippen LogP contribution in [-0.2, 0) is 0 Å². The first kappa shape index (κ1) is 22.0. The summed E-state index contributed by atoms with van der Waals surface area (Å²) < 4.78 is 5.78. The van der Waals surface area contributed by atoms with Crippen molar-refractivity contribution in [3.05, 3.63) is 54.6 Å². The van der Waals surface area contributed by atoms with Crippen LogP contribution in [-0.4, -0.2) is 42.1 Å². The van der Waals surface area contributed by atoms with Crippen LogP contribution >= 0.6 is 0 Å². The van der Waals surface area contributed by atoms with Crippen LogP contribution in [0.3, 0.4) is 0 Å². The normalized spacial score (nSPS) is 17.4. The summed E-state index contributed by atoms with van der Waals surface area (Å²) in [6.45, 7) is 1.24. The number of anilines is 1. The van der Waals surface area contributed by atoms with Crippen molar-refractivity contribution in [3.63, 3.8) is 0 Å². The second kappa shape index (κ2) is 10.9. The maximum atomic E-state index is 12.6. The molecule has 0 spiro atoms. The lowest BCUT2D eigenvalue weighted by molar-refractivity contribution is 0.186. The first-order valence-electron chi connectivity index (χ1n) is 11.6. The highest BCUT2D eigenvalue weighted by atomic mass is 16.5. The SMILES string of the molecule is O=C(NC1CCCCC1)NC1CCN(C(=O)Nc2ccc(Oc3ccccc3)cc2)CC1. The van der Waals surface area contributed by atoms with Gasteiger partial charge in [0.2, 0.25) is 0 Å². The third-order valence-electron chi connectivity index (χ3n) is 6.14. The molecule has 0 bridgehead atoms. The number of piperidine rings is 1. The number of hydrogen-bond donors (Lipinski definition) is 3. The zero-order valence-corrected chi connectivity index (χ0v) is 18.4. The van der Waals surface area contributed by atoms with Crippen molar-refractivity contribution in [2.24, 2.45) is 0 Å². The lowest BCUT2D eigenvalue weighted by atomic mass is 9.96. The first-order chi connectivity index (χ1) is 15.7. The number of likely N-dealkylation sites (tertiary alicyclic amines) is 1. The van der Waals surface area contributed by atoms with Crippen LogP contribution in [0.2, 0.25) is 0 Å². The van der Waals surface area contributed by atoms with Crippen molar-refractivity contribution in [1.82, 2.24) is 15.5 Å². The third kappa shape index (κ3) is 6.39. The lowest BCUT2D eigenvalue weighted by Gasteiger charge is -2.33. The number of nitrogens with zero attached hydrogens (tertiary/aromatic N) is 1. The summed E-state index contributed by atoms with van der Waals surface area (Å²) in [5, 5.41) is 9.12. The van der Waals surface area contributed by atoms with Gasteiger partial charge in [0.1, 0.15) is 11.5 Å². The number of hydrogen-bond acceptors (Lipinski definition) is 3. The number of amides is 4. The van der Waals surface area contributed by atoms with Gasteiger partial charge < -0.3 is 25.6 Å². The Bertz CT molecular complexity index is 874. The van der Waals surface area contributed by atoms with Crippen LogP contribution in [0.5, 0.6) is 11.5 Å². The number of ether oxygens (including phenoxy) is 1. The van der Waals surface area contributed by atoms with Gasteiger partial charge in [-0.1, -0.05) is 37.5 Å².